The van der Waals surface area contributed by atoms with Gasteiger partial charge in [-0.05, 0) is 41.1 Å². The minimum Gasteiger partial charge on any atom is -0.280 e. The molecule has 2 heteroatoms. The standard InChI is InChI=1S/C16H13NS/c1-3-8-14(9-4-1)16-12-7-13-18-17(16)15-10-5-2-6-11-15/h1-13H. The van der Waals surface area contributed by atoms with Crippen molar-refractivity contribution in [3.8, 4) is 0 Å². The number of para-hydroxylation sites is 1. The van der Waals surface area contributed by atoms with Crippen molar-refractivity contribution in [3.63, 3.8) is 0 Å². The van der Waals surface area contributed by atoms with E-state index in [1.165, 1.54) is 16.9 Å². The van der Waals surface area contributed by atoms with Gasteiger partial charge >= 0.3 is 0 Å². The Kier molecular flexibility index (Phi) is 3.20. The van der Waals surface area contributed by atoms with Gasteiger partial charge in [-0.15, -0.1) is 0 Å². The molecule has 0 amide bonds. The van der Waals surface area contributed by atoms with E-state index >= 15 is 0 Å². The van der Waals surface area contributed by atoms with Crippen LogP contribution in [0.25, 0.3) is 5.70 Å². The predicted octanol–water partition coefficient (Wildman–Crippen LogP) is 4.71. The SMILES string of the molecule is C1=CSN(c2ccccc2)C(c2ccccc2)=C1. The van der Waals surface area contributed by atoms with E-state index in [-0.39, 0.29) is 0 Å². The lowest BCUT2D eigenvalue weighted by Crippen LogP contribution is -2.13. The third kappa shape index (κ3) is 2.20. The average molecular weight is 251 g/mol. The van der Waals surface area contributed by atoms with Crippen molar-refractivity contribution in [1.29, 1.82) is 0 Å². The fraction of sp³-hybridized carbons (Fsp3) is 0. The maximum absolute atomic E-state index is 2.25. The zero-order chi connectivity index (χ0) is 12.2. The highest BCUT2D eigenvalue weighted by Gasteiger charge is 2.15. The molecule has 0 saturated carbocycles. The summed E-state index contributed by atoms with van der Waals surface area (Å²) >= 11 is 1.70. The summed E-state index contributed by atoms with van der Waals surface area (Å²) in [6.07, 6.45) is 4.24. The first kappa shape index (κ1) is 11.2. The molecule has 2 aromatic carbocycles. The summed E-state index contributed by atoms with van der Waals surface area (Å²) in [6, 6.07) is 20.9. The maximum atomic E-state index is 2.25. The van der Waals surface area contributed by atoms with Crippen LogP contribution in [0.5, 0.6) is 0 Å². The first-order valence-electron chi connectivity index (χ1n) is 5.89. The Hall–Kier alpha value is -1.93. The van der Waals surface area contributed by atoms with Crippen LogP contribution in [0.1, 0.15) is 5.56 Å². The van der Waals surface area contributed by atoms with Crippen LogP contribution in [0.15, 0.2) is 78.2 Å². The molecule has 0 bridgehead atoms. The molecule has 0 aromatic heterocycles. The van der Waals surface area contributed by atoms with Crippen molar-refractivity contribution in [1.82, 2.24) is 0 Å². The number of hydrogen-bond acceptors (Lipinski definition) is 2. The molecular formula is C16H13NS. The van der Waals surface area contributed by atoms with E-state index in [1.54, 1.807) is 11.9 Å². The van der Waals surface area contributed by atoms with Gasteiger partial charge in [0, 0.05) is 0 Å². The summed E-state index contributed by atoms with van der Waals surface area (Å²) < 4.78 is 2.25. The van der Waals surface area contributed by atoms with Crippen molar-refractivity contribution < 1.29 is 0 Å². The van der Waals surface area contributed by atoms with Gasteiger partial charge in [-0.2, -0.15) is 0 Å². The van der Waals surface area contributed by atoms with Gasteiger partial charge in [-0.3, -0.25) is 4.31 Å². The summed E-state index contributed by atoms with van der Waals surface area (Å²) in [4.78, 5) is 0. The maximum Gasteiger partial charge on any atom is 0.0601 e. The number of rotatable bonds is 2. The van der Waals surface area contributed by atoms with Crippen molar-refractivity contribution in [2.24, 2.45) is 0 Å². The minimum atomic E-state index is 1.20. The molecule has 1 nitrogen and oxygen atoms in total. The lowest BCUT2D eigenvalue weighted by Gasteiger charge is -2.26. The zero-order valence-electron chi connectivity index (χ0n) is 9.86. The van der Waals surface area contributed by atoms with E-state index < -0.39 is 0 Å². The highest BCUT2D eigenvalue weighted by molar-refractivity contribution is 8.03. The quantitative estimate of drug-likeness (QED) is 0.711. The lowest BCUT2D eigenvalue weighted by atomic mass is 10.1. The molecule has 0 aliphatic carbocycles. The van der Waals surface area contributed by atoms with Crippen LogP contribution in [0.3, 0.4) is 0 Å². The molecule has 2 aromatic rings. The van der Waals surface area contributed by atoms with Gasteiger partial charge in [-0.25, -0.2) is 0 Å². The van der Waals surface area contributed by atoms with Crippen molar-refractivity contribution in [2.45, 2.75) is 0 Å². The van der Waals surface area contributed by atoms with Crippen LogP contribution in [0, 0.1) is 0 Å². The summed E-state index contributed by atoms with van der Waals surface area (Å²) in [5.41, 5.74) is 3.65. The second kappa shape index (κ2) is 5.15. The molecule has 0 fully saturated rings. The van der Waals surface area contributed by atoms with Crippen molar-refractivity contribution >= 4 is 23.3 Å². The van der Waals surface area contributed by atoms with E-state index in [4.69, 9.17) is 0 Å². The Morgan fingerprint density at radius 3 is 2.17 bits per heavy atom. The average Bonchev–Trinajstić information content (AvgIpc) is 2.49. The molecule has 3 rings (SSSR count). The molecule has 1 aliphatic heterocycles. The highest BCUT2D eigenvalue weighted by Crippen LogP contribution is 2.35. The van der Waals surface area contributed by atoms with Crippen LogP contribution >= 0.6 is 11.9 Å². The Morgan fingerprint density at radius 2 is 1.44 bits per heavy atom. The molecule has 0 atom stereocenters. The zero-order valence-corrected chi connectivity index (χ0v) is 10.7. The highest BCUT2D eigenvalue weighted by atomic mass is 32.2. The molecule has 0 N–H and O–H groups in total. The van der Waals surface area contributed by atoms with Gasteiger partial charge in [0.1, 0.15) is 0 Å². The third-order valence-corrected chi connectivity index (χ3v) is 3.68. The molecule has 88 valence electrons. The van der Waals surface area contributed by atoms with E-state index in [1.807, 2.05) is 12.1 Å². The van der Waals surface area contributed by atoms with Gasteiger partial charge in [0.25, 0.3) is 0 Å². The van der Waals surface area contributed by atoms with Crippen LogP contribution in [0.4, 0.5) is 5.69 Å². The summed E-state index contributed by atoms with van der Waals surface area (Å²) in [6.45, 7) is 0. The van der Waals surface area contributed by atoms with E-state index in [0.29, 0.717) is 0 Å². The third-order valence-electron chi connectivity index (χ3n) is 2.78. The number of anilines is 1. The lowest BCUT2D eigenvalue weighted by molar-refractivity contribution is 1.43. The predicted molar refractivity (Wildman–Crippen MR) is 80.1 cm³/mol. The summed E-state index contributed by atoms with van der Waals surface area (Å²) in [7, 11) is 0. The molecule has 18 heavy (non-hydrogen) atoms. The number of allylic oxidation sites excluding steroid dienone is 2. The van der Waals surface area contributed by atoms with Crippen LogP contribution in [-0.2, 0) is 0 Å². The number of benzene rings is 2. The molecule has 0 saturated heterocycles. The Labute approximate surface area is 112 Å². The van der Waals surface area contributed by atoms with E-state index in [2.05, 4.69) is 70.4 Å². The Balaban J connectivity index is 2.01. The van der Waals surface area contributed by atoms with Crippen molar-refractivity contribution in [2.75, 3.05) is 4.31 Å². The molecule has 1 heterocycles. The van der Waals surface area contributed by atoms with E-state index in [0.717, 1.165) is 0 Å². The Morgan fingerprint density at radius 1 is 0.778 bits per heavy atom. The monoisotopic (exact) mass is 251 g/mol. The molecule has 0 radical (unpaired) electrons. The molecule has 0 spiro atoms. The van der Waals surface area contributed by atoms with Crippen molar-refractivity contribution in [3.05, 3.63) is 83.8 Å². The van der Waals surface area contributed by atoms with Gasteiger partial charge < -0.3 is 0 Å². The molecule has 0 unspecified atom stereocenters. The van der Waals surface area contributed by atoms with Gasteiger partial charge in [-0.1, -0.05) is 54.6 Å². The topological polar surface area (TPSA) is 3.24 Å². The molecular weight excluding hydrogens is 238 g/mol. The second-order valence-corrected chi connectivity index (χ2v) is 4.83. The van der Waals surface area contributed by atoms with Crippen LogP contribution in [0.2, 0.25) is 0 Å². The van der Waals surface area contributed by atoms with Gasteiger partial charge in [0.2, 0.25) is 0 Å². The first-order valence-corrected chi connectivity index (χ1v) is 6.73. The van der Waals surface area contributed by atoms with Gasteiger partial charge in [0.05, 0.1) is 11.4 Å². The fourth-order valence-electron chi connectivity index (χ4n) is 1.94. The van der Waals surface area contributed by atoms with Crippen LogP contribution < -0.4 is 4.31 Å². The largest absolute Gasteiger partial charge is 0.280 e. The fourth-order valence-corrected chi connectivity index (χ4v) is 2.73. The number of nitrogens with zero attached hydrogens (tertiary/aromatic N) is 1. The van der Waals surface area contributed by atoms with E-state index in [9.17, 15) is 0 Å². The second-order valence-electron chi connectivity index (χ2n) is 3.98. The summed E-state index contributed by atoms with van der Waals surface area (Å²) in [5, 5.41) is 2.10. The first-order chi connectivity index (χ1) is 8.95. The Bertz CT molecular complexity index is 573. The number of hydrogen-bond donors (Lipinski definition) is 0. The minimum absolute atomic E-state index is 1.20. The van der Waals surface area contributed by atoms with Crippen LogP contribution in [-0.4, -0.2) is 0 Å². The smallest absolute Gasteiger partial charge is 0.0601 e. The molecule has 1 aliphatic rings. The normalized spacial score (nSPS) is 14.4. The van der Waals surface area contributed by atoms with Gasteiger partial charge in [0.15, 0.2) is 0 Å². The summed E-state index contributed by atoms with van der Waals surface area (Å²) in [5.74, 6) is 0.